The predicted molar refractivity (Wildman–Crippen MR) is 85.8 cm³/mol. The Hall–Kier alpha value is -1.63. The molecule has 2 fully saturated rings. The molecule has 23 heavy (non-hydrogen) atoms. The van der Waals surface area contributed by atoms with Crippen LogP contribution in [0.5, 0.6) is 0 Å². The zero-order valence-corrected chi connectivity index (χ0v) is 13.6. The van der Waals surface area contributed by atoms with Crippen LogP contribution in [0.3, 0.4) is 0 Å². The molecule has 3 N–H and O–H groups in total. The summed E-state index contributed by atoms with van der Waals surface area (Å²) in [5, 5.41) is 16.3. The Morgan fingerprint density at radius 3 is 2.74 bits per heavy atom. The first-order chi connectivity index (χ1) is 11.0. The molecule has 4 atom stereocenters. The van der Waals surface area contributed by atoms with E-state index in [1.54, 1.807) is 4.90 Å². The van der Waals surface area contributed by atoms with Crippen LogP contribution in [0.4, 0.5) is 0 Å². The molecule has 2 amide bonds. The van der Waals surface area contributed by atoms with E-state index in [-0.39, 0.29) is 17.9 Å². The molecule has 2 saturated heterocycles. The number of benzene rings is 1. The van der Waals surface area contributed by atoms with Gasteiger partial charge < -0.3 is 20.6 Å². The molecule has 3 rings (SSSR count). The zero-order chi connectivity index (χ0) is 16.6. The standard InChI is InChI=1S/C16H20ClN3O3/c1-9(21)14-16(23)20-8-12(6-13(20)15(22)19-14)18-7-10-2-4-11(17)5-3-10/h2-5,9,12-14,18,21H,6-8H2,1H3,(H,19,22)/t9-,12-,13-,14+/m0/s1. The topological polar surface area (TPSA) is 81.7 Å². The molecule has 0 unspecified atom stereocenters. The van der Waals surface area contributed by atoms with Gasteiger partial charge in [-0.2, -0.15) is 0 Å². The Labute approximate surface area is 139 Å². The molecule has 0 radical (unpaired) electrons. The molecule has 2 aliphatic rings. The molecule has 0 bridgehead atoms. The van der Waals surface area contributed by atoms with Crippen molar-refractivity contribution in [3.8, 4) is 0 Å². The smallest absolute Gasteiger partial charge is 0.248 e. The minimum absolute atomic E-state index is 0.0538. The molecule has 2 heterocycles. The van der Waals surface area contributed by atoms with Crippen LogP contribution in [-0.4, -0.2) is 52.6 Å². The average molecular weight is 338 g/mol. The minimum atomic E-state index is -0.895. The van der Waals surface area contributed by atoms with Crippen molar-refractivity contribution in [2.24, 2.45) is 0 Å². The van der Waals surface area contributed by atoms with E-state index >= 15 is 0 Å². The van der Waals surface area contributed by atoms with Gasteiger partial charge in [-0.1, -0.05) is 23.7 Å². The summed E-state index contributed by atoms with van der Waals surface area (Å²) in [6, 6.07) is 6.33. The third kappa shape index (κ3) is 3.34. The van der Waals surface area contributed by atoms with Crippen molar-refractivity contribution < 1.29 is 14.7 Å². The average Bonchev–Trinajstić information content (AvgIpc) is 2.95. The third-order valence-corrected chi connectivity index (χ3v) is 4.69. The number of fused-ring (bicyclic) bond motifs is 1. The molecular formula is C16H20ClN3O3. The first-order valence-corrected chi connectivity index (χ1v) is 8.10. The molecule has 1 aromatic carbocycles. The number of aliphatic hydroxyl groups excluding tert-OH is 1. The molecule has 0 saturated carbocycles. The van der Waals surface area contributed by atoms with Crippen LogP contribution in [0.1, 0.15) is 18.9 Å². The second kappa shape index (κ2) is 6.47. The van der Waals surface area contributed by atoms with Gasteiger partial charge in [0.2, 0.25) is 11.8 Å². The summed E-state index contributed by atoms with van der Waals surface area (Å²) < 4.78 is 0. The van der Waals surface area contributed by atoms with Crippen molar-refractivity contribution in [1.82, 2.24) is 15.5 Å². The van der Waals surface area contributed by atoms with E-state index in [1.165, 1.54) is 6.92 Å². The summed E-state index contributed by atoms with van der Waals surface area (Å²) in [5.41, 5.74) is 1.09. The van der Waals surface area contributed by atoms with Gasteiger partial charge in [-0.05, 0) is 31.0 Å². The van der Waals surface area contributed by atoms with Gasteiger partial charge in [0, 0.05) is 24.2 Å². The lowest BCUT2D eigenvalue weighted by Gasteiger charge is -2.35. The van der Waals surface area contributed by atoms with Crippen molar-refractivity contribution in [2.45, 2.75) is 44.1 Å². The first kappa shape index (κ1) is 16.2. The number of hydrogen-bond acceptors (Lipinski definition) is 4. The normalized spacial score (nSPS) is 28.5. The number of rotatable bonds is 4. The Morgan fingerprint density at radius 2 is 2.09 bits per heavy atom. The number of halogens is 1. The lowest BCUT2D eigenvalue weighted by atomic mass is 10.0. The summed E-state index contributed by atoms with van der Waals surface area (Å²) in [7, 11) is 0. The van der Waals surface area contributed by atoms with Crippen LogP contribution < -0.4 is 10.6 Å². The highest BCUT2D eigenvalue weighted by Crippen LogP contribution is 2.24. The Bertz CT molecular complexity index is 605. The van der Waals surface area contributed by atoms with Crippen LogP contribution in [0.2, 0.25) is 5.02 Å². The highest BCUT2D eigenvalue weighted by atomic mass is 35.5. The second-order valence-corrected chi connectivity index (χ2v) is 6.61. The van der Waals surface area contributed by atoms with Gasteiger partial charge in [-0.3, -0.25) is 9.59 Å². The Balaban J connectivity index is 1.62. The van der Waals surface area contributed by atoms with Gasteiger partial charge in [0.15, 0.2) is 0 Å². The monoisotopic (exact) mass is 337 g/mol. The summed E-state index contributed by atoms with van der Waals surface area (Å²) in [6.45, 7) is 2.64. The van der Waals surface area contributed by atoms with Crippen LogP contribution in [0.25, 0.3) is 0 Å². The van der Waals surface area contributed by atoms with E-state index in [0.29, 0.717) is 24.5 Å². The molecule has 1 aromatic rings. The molecular weight excluding hydrogens is 318 g/mol. The number of hydrogen-bond donors (Lipinski definition) is 3. The maximum atomic E-state index is 12.4. The summed E-state index contributed by atoms with van der Waals surface area (Å²) in [5.74, 6) is -0.397. The van der Waals surface area contributed by atoms with E-state index in [1.807, 2.05) is 24.3 Å². The van der Waals surface area contributed by atoms with Crippen molar-refractivity contribution >= 4 is 23.4 Å². The lowest BCUT2D eigenvalue weighted by Crippen LogP contribution is -2.64. The fraction of sp³-hybridized carbons (Fsp3) is 0.500. The molecule has 0 aliphatic carbocycles. The largest absolute Gasteiger partial charge is 0.391 e. The van der Waals surface area contributed by atoms with E-state index in [4.69, 9.17) is 11.6 Å². The van der Waals surface area contributed by atoms with Crippen LogP contribution >= 0.6 is 11.6 Å². The number of nitrogens with zero attached hydrogens (tertiary/aromatic N) is 1. The first-order valence-electron chi connectivity index (χ1n) is 7.72. The van der Waals surface area contributed by atoms with E-state index < -0.39 is 18.2 Å². The number of carbonyl (C=O) groups excluding carboxylic acids is 2. The van der Waals surface area contributed by atoms with Gasteiger partial charge >= 0.3 is 0 Å². The Morgan fingerprint density at radius 1 is 1.39 bits per heavy atom. The molecule has 6 nitrogen and oxygen atoms in total. The number of aliphatic hydroxyl groups is 1. The van der Waals surface area contributed by atoms with Gasteiger partial charge in [0.1, 0.15) is 12.1 Å². The zero-order valence-electron chi connectivity index (χ0n) is 12.8. The van der Waals surface area contributed by atoms with Gasteiger partial charge in [0.25, 0.3) is 0 Å². The van der Waals surface area contributed by atoms with E-state index in [2.05, 4.69) is 10.6 Å². The summed E-state index contributed by atoms with van der Waals surface area (Å²) in [4.78, 5) is 26.1. The van der Waals surface area contributed by atoms with E-state index in [9.17, 15) is 14.7 Å². The predicted octanol–water partition coefficient (Wildman–Crippen LogP) is 0.278. The summed E-state index contributed by atoms with van der Waals surface area (Å²) >= 11 is 5.86. The fourth-order valence-electron chi connectivity index (χ4n) is 3.16. The minimum Gasteiger partial charge on any atom is -0.391 e. The third-order valence-electron chi connectivity index (χ3n) is 4.44. The number of amides is 2. The summed E-state index contributed by atoms with van der Waals surface area (Å²) in [6.07, 6.45) is -0.314. The SMILES string of the molecule is C[C@H](O)[C@H]1NC(=O)[C@@H]2C[C@H](NCc3ccc(Cl)cc3)CN2C1=O. The number of nitrogens with one attached hydrogen (secondary N) is 2. The second-order valence-electron chi connectivity index (χ2n) is 6.17. The molecule has 7 heteroatoms. The van der Waals surface area contributed by atoms with Crippen molar-refractivity contribution in [3.05, 3.63) is 34.9 Å². The Kier molecular flexibility index (Phi) is 4.57. The van der Waals surface area contributed by atoms with Crippen LogP contribution in [0.15, 0.2) is 24.3 Å². The van der Waals surface area contributed by atoms with Crippen molar-refractivity contribution in [3.63, 3.8) is 0 Å². The molecule has 0 spiro atoms. The highest BCUT2D eigenvalue weighted by Gasteiger charge is 2.47. The molecule has 2 aliphatic heterocycles. The van der Waals surface area contributed by atoms with Gasteiger partial charge in [0.05, 0.1) is 6.10 Å². The van der Waals surface area contributed by atoms with Crippen LogP contribution in [0, 0.1) is 0 Å². The van der Waals surface area contributed by atoms with Crippen molar-refractivity contribution in [1.29, 1.82) is 0 Å². The molecule has 0 aromatic heterocycles. The lowest BCUT2D eigenvalue weighted by molar-refractivity contribution is -0.149. The number of carbonyl (C=O) groups is 2. The van der Waals surface area contributed by atoms with E-state index in [0.717, 1.165) is 5.56 Å². The fourth-order valence-corrected chi connectivity index (χ4v) is 3.28. The maximum absolute atomic E-state index is 12.4. The van der Waals surface area contributed by atoms with Crippen LogP contribution in [-0.2, 0) is 16.1 Å². The molecule has 124 valence electrons. The van der Waals surface area contributed by atoms with Gasteiger partial charge in [-0.15, -0.1) is 0 Å². The quantitative estimate of drug-likeness (QED) is 0.737. The van der Waals surface area contributed by atoms with Gasteiger partial charge in [-0.25, -0.2) is 0 Å². The van der Waals surface area contributed by atoms with Crippen molar-refractivity contribution in [2.75, 3.05) is 6.54 Å². The highest BCUT2D eigenvalue weighted by molar-refractivity contribution is 6.30. The maximum Gasteiger partial charge on any atom is 0.248 e. The number of piperazine rings is 1.